The van der Waals surface area contributed by atoms with E-state index in [0.717, 1.165) is 0 Å². The number of halogens is 1. The van der Waals surface area contributed by atoms with E-state index in [-0.39, 0.29) is 11.7 Å². The lowest BCUT2D eigenvalue weighted by molar-refractivity contribution is -0.114. The van der Waals surface area contributed by atoms with Gasteiger partial charge >= 0.3 is 0 Å². The SMILES string of the molecule is CC(=O)Nc1cc(C(=O)/C=C/N(C)C)ccc1Cl. The lowest BCUT2D eigenvalue weighted by Crippen LogP contribution is -2.08. The van der Waals surface area contributed by atoms with Crippen LogP contribution in [0.25, 0.3) is 0 Å². The average molecular weight is 267 g/mol. The predicted molar refractivity (Wildman–Crippen MR) is 72.9 cm³/mol. The molecule has 0 aromatic heterocycles. The third-order valence-electron chi connectivity index (χ3n) is 2.09. The number of carbonyl (C=O) groups is 2. The Kier molecular flexibility index (Phi) is 4.92. The second kappa shape index (κ2) is 6.21. The molecule has 4 nitrogen and oxygen atoms in total. The van der Waals surface area contributed by atoms with Gasteiger partial charge < -0.3 is 10.2 Å². The van der Waals surface area contributed by atoms with Crippen LogP contribution in [0.1, 0.15) is 17.3 Å². The Morgan fingerprint density at radius 3 is 2.56 bits per heavy atom. The van der Waals surface area contributed by atoms with Crippen molar-refractivity contribution in [1.82, 2.24) is 4.90 Å². The zero-order chi connectivity index (χ0) is 13.7. The molecule has 5 heteroatoms. The van der Waals surface area contributed by atoms with Gasteiger partial charge in [0.2, 0.25) is 5.91 Å². The maximum absolute atomic E-state index is 11.8. The number of hydrogen-bond acceptors (Lipinski definition) is 3. The summed E-state index contributed by atoms with van der Waals surface area (Å²) in [6, 6.07) is 4.77. The summed E-state index contributed by atoms with van der Waals surface area (Å²) in [6.07, 6.45) is 3.12. The van der Waals surface area contributed by atoms with Gasteiger partial charge in [-0.25, -0.2) is 0 Å². The molecule has 1 aromatic rings. The van der Waals surface area contributed by atoms with E-state index in [2.05, 4.69) is 5.32 Å². The number of benzene rings is 1. The molecule has 0 atom stereocenters. The molecule has 18 heavy (non-hydrogen) atoms. The standard InChI is InChI=1S/C13H15ClN2O2/c1-9(17)15-12-8-10(4-5-11(12)14)13(18)6-7-16(2)3/h4-8H,1-3H3,(H,15,17)/b7-6+. The zero-order valence-corrected chi connectivity index (χ0v) is 11.3. The summed E-state index contributed by atoms with van der Waals surface area (Å²) in [4.78, 5) is 24.6. The van der Waals surface area contributed by atoms with Gasteiger partial charge in [0, 0.05) is 38.9 Å². The smallest absolute Gasteiger partial charge is 0.221 e. The molecule has 0 heterocycles. The second-order valence-electron chi connectivity index (χ2n) is 4.02. The summed E-state index contributed by atoms with van der Waals surface area (Å²) in [5.41, 5.74) is 0.912. The van der Waals surface area contributed by atoms with Crippen molar-refractivity contribution in [2.45, 2.75) is 6.92 Å². The Morgan fingerprint density at radius 1 is 1.33 bits per heavy atom. The Morgan fingerprint density at radius 2 is 2.00 bits per heavy atom. The lowest BCUT2D eigenvalue weighted by Gasteiger charge is -2.07. The molecule has 0 spiro atoms. The van der Waals surface area contributed by atoms with E-state index < -0.39 is 0 Å². The van der Waals surface area contributed by atoms with Crippen molar-refractivity contribution in [3.05, 3.63) is 41.1 Å². The van der Waals surface area contributed by atoms with Crippen LogP contribution in [0.5, 0.6) is 0 Å². The Hall–Kier alpha value is -1.81. The number of rotatable bonds is 4. The first-order valence-corrected chi connectivity index (χ1v) is 5.74. The molecule has 1 N–H and O–H groups in total. The minimum atomic E-state index is -0.231. The molecule has 0 radical (unpaired) electrons. The van der Waals surface area contributed by atoms with Crippen LogP contribution < -0.4 is 5.32 Å². The van der Waals surface area contributed by atoms with Crippen molar-refractivity contribution in [3.8, 4) is 0 Å². The van der Waals surface area contributed by atoms with Crippen LogP contribution in [-0.4, -0.2) is 30.7 Å². The lowest BCUT2D eigenvalue weighted by atomic mass is 10.1. The number of anilines is 1. The average Bonchev–Trinajstić information content (AvgIpc) is 2.28. The molecule has 0 bridgehead atoms. The number of ketones is 1. The van der Waals surface area contributed by atoms with E-state index in [1.807, 2.05) is 14.1 Å². The van der Waals surface area contributed by atoms with E-state index in [1.165, 1.54) is 13.0 Å². The highest BCUT2D eigenvalue weighted by Crippen LogP contribution is 2.23. The molecular formula is C13H15ClN2O2. The molecule has 1 aromatic carbocycles. The molecule has 0 saturated heterocycles. The number of nitrogens with one attached hydrogen (secondary N) is 1. The van der Waals surface area contributed by atoms with Gasteiger partial charge in [-0.1, -0.05) is 11.6 Å². The van der Waals surface area contributed by atoms with Gasteiger partial charge in [0.15, 0.2) is 5.78 Å². The van der Waals surface area contributed by atoms with E-state index in [0.29, 0.717) is 16.3 Å². The Labute approximate surface area is 111 Å². The predicted octanol–water partition coefficient (Wildman–Crippen LogP) is 2.56. The summed E-state index contributed by atoms with van der Waals surface area (Å²) in [5.74, 6) is -0.377. The molecule has 0 aliphatic carbocycles. The van der Waals surface area contributed by atoms with Crippen molar-refractivity contribution in [1.29, 1.82) is 0 Å². The van der Waals surface area contributed by atoms with Crippen LogP contribution in [0, 0.1) is 0 Å². The van der Waals surface area contributed by atoms with Gasteiger partial charge in [-0.15, -0.1) is 0 Å². The van der Waals surface area contributed by atoms with Crippen LogP contribution in [0.4, 0.5) is 5.69 Å². The number of carbonyl (C=O) groups excluding carboxylic acids is 2. The van der Waals surface area contributed by atoms with E-state index >= 15 is 0 Å². The fourth-order valence-corrected chi connectivity index (χ4v) is 1.44. The molecular weight excluding hydrogens is 252 g/mol. The number of hydrogen-bond donors (Lipinski definition) is 1. The highest BCUT2D eigenvalue weighted by Gasteiger charge is 2.07. The van der Waals surface area contributed by atoms with Gasteiger partial charge in [0.25, 0.3) is 0 Å². The minimum Gasteiger partial charge on any atom is -0.383 e. The van der Waals surface area contributed by atoms with E-state index in [1.54, 1.807) is 29.3 Å². The molecule has 0 aliphatic rings. The zero-order valence-electron chi connectivity index (χ0n) is 10.5. The third kappa shape index (κ3) is 4.22. The van der Waals surface area contributed by atoms with Gasteiger partial charge in [0.05, 0.1) is 10.7 Å². The third-order valence-corrected chi connectivity index (χ3v) is 2.42. The van der Waals surface area contributed by atoms with Gasteiger partial charge in [-0.05, 0) is 18.2 Å². The first kappa shape index (κ1) is 14.3. The maximum Gasteiger partial charge on any atom is 0.221 e. The van der Waals surface area contributed by atoms with Crippen molar-refractivity contribution < 1.29 is 9.59 Å². The topological polar surface area (TPSA) is 49.4 Å². The summed E-state index contributed by atoms with van der Waals surface area (Å²) < 4.78 is 0. The first-order chi connectivity index (χ1) is 8.40. The fraction of sp³-hybridized carbons (Fsp3) is 0.231. The summed E-state index contributed by atoms with van der Waals surface area (Å²) in [7, 11) is 3.66. The quantitative estimate of drug-likeness (QED) is 0.673. The first-order valence-electron chi connectivity index (χ1n) is 5.36. The highest BCUT2D eigenvalue weighted by atomic mass is 35.5. The molecule has 0 aliphatic heterocycles. The molecule has 1 rings (SSSR count). The van der Waals surface area contributed by atoms with Crippen molar-refractivity contribution in [2.75, 3.05) is 19.4 Å². The van der Waals surface area contributed by atoms with Gasteiger partial charge in [-0.3, -0.25) is 9.59 Å². The van der Waals surface area contributed by atoms with Crippen LogP contribution >= 0.6 is 11.6 Å². The van der Waals surface area contributed by atoms with Gasteiger partial charge in [-0.2, -0.15) is 0 Å². The van der Waals surface area contributed by atoms with Crippen molar-refractivity contribution >= 4 is 29.0 Å². The summed E-state index contributed by atoms with van der Waals surface area (Å²) >= 11 is 5.92. The molecule has 0 fully saturated rings. The van der Waals surface area contributed by atoms with Crippen LogP contribution in [0.3, 0.4) is 0 Å². The summed E-state index contributed by atoms with van der Waals surface area (Å²) in [6.45, 7) is 1.39. The summed E-state index contributed by atoms with van der Waals surface area (Å²) in [5, 5.41) is 2.98. The highest BCUT2D eigenvalue weighted by molar-refractivity contribution is 6.34. The van der Waals surface area contributed by atoms with Crippen LogP contribution in [-0.2, 0) is 4.79 Å². The van der Waals surface area contributed by atoms with E-state index in [4.69, 9.17) is 11.6 Å². The largest absolute Gasteiger partial charge is 0.383 e. The molecule has 96 valence electrons. The Balaban J connectivity index is 2.97. The van der Waals surface area contributed by atoms with E-state index in [9.17, 15) is 9.59 Å². The molecule has 1 amide bonds. The van der Waals surface area contributed by atoms with Gasteiger partial charge in [0.1, 0.15) is 0 Å². The minimum absolute atomic E-state index is 0.146. The Bertz CT molecular complexity index is 496. The number of nitrogens with zero attached hydrogens (tertiary/aromatic N) is 1. The molecule has 0 saturated carbocycles. The monoisotopic (exact) mass is 266 g/mol. The van der Waals surface area contributed by atoms with Crippen molar-refractivity contribution in [3.63, 3.8) is 0 Å². The normalized spacial score (nSPS) is 10.4. The fourth-order valence-electron chi connectivity index (χ4n) is 1.28. The number of allylic oxidation sites excluding steroid dienone is 1. The van der Waals surface area contributed by atoms with Crippen LogP contribution in [0.2, 0.25) is 5.02 Å². The van der Waals surface area contributed by atoms with Crippen molar-refractivity contribution in [2.24, 2.45) is 0 Å². The van der Waals surface area contributed by atoms with Crippen LogP contribution in [0.15, 0.2) is 30.5 Å². The molecule has 0 unspecified atom stereocenters. The number of amides is 1. The maximum atomic E-state index is 11.8. The second-order valence-corrected chi connectivity index (χ2v) is 4.43.